The summed E-state index contributed by atoms with van der Waals surface area (Å²) < 4.78 is 16.3. The third kappa shape index (κ3) is 6.67. The number of rotatable bonds is 10. The zero-order chi connectivity index (χ0) is 28.0. The van der Waals surface area contributed by atoms with E-state index < -0.39 is 11.7 Å². The number of hydrogen-bond donors (Lipinski definition) is 3. The Labute approximate surface area is 241 Å². The zero-order valence-corrected chi connectivity index (χ0v) is 23.8. The maximum Gasteiger partial charge on any atom is 0.273 e. The van der Waals surface area contributed by atoms with Gasteiger partial charge in [-0.25, -0.2) is 19.3 Å². The molecule has 0 atom stereocenters. The largest absolute Gasteiger partial charge is 0.395 e. The molecule has 4 aromatic rings. The highest BCUT2D eigenvalue weighted by Gasteiger charge is 2.36. The van der Waals surface area contributed by atoms with E-state index in [0.29, 0.717) is 28.9 Å². The zero-order valence-electron chi connectivity index (χ0n) is 22.1. The number of amides is 1. The van der Waals surface area contributed by atoms with E-state index in [4.69, 9.17) is 0 Å². The second kappa shape index (κ2) is 12.9. The first kappa shape index (κ1) is 28.2. The van der Waals surface area contributed by atoms with Gasteiger partial charge in [-0.2, -0.15) is 0 Å². The van der Waals surface area contributed by atoms with Crippen molar-refractivity contribution in [3.63, 3.8) is 0 Å². The van der Waals surface area contributed by atoms with Gasteiger partial charge in [0.2, 0.25) is 0 Å². The molecule has 8 nitrogen and oxygen atoms in total. The predicted molar refractivity (Wildman–Crippen MR) is 156 cm³/mol. The maximum atomic E-state index is 15.5. The molecule has 40 heavy (non-hydrogen) atoms. The molecule has 1 saturated heterocycles. The van der Waals surface area contributed by atoms with Gasteiger partial charge >= 0.3 is 0 Å². The molecule has 3 aromatic heterocycles. The minimum Gasteiger partial charge on any atom is -0.395 e. The van der Waals surface area contributed by atoms with Crippen molar-refractivity contribution >= 4 is 40.0 Å². The number of likely N-dealkylation sites (tertiary alicyclic amines) is 1. The lowest BCUT2D eigenvalue weighted by molar-refractivity contribution is 0.0903. The van der Waals surface area contributed by atoms with Gasteiger partial charge in [-0.05, 0) is 62.2 Å². The number of aliphatic hydroxyl groups excluding tert-OH is 1. The van der Waals surface area contributed by atoms with Crippen LogP contribution in [0.2, 0.25) is 0 Å². The second-order valence-corrected chi connectivity index (χ2v) is 12.2. The lowest BCUT2D eigenvalue weighted by Gasteiger charge is -2.42. The average molecular weight is 579 g/mol. The fourth-order valence-electron chi connectivity index (χ4n) is 4.89. The molecule has 0 saturated carbocycles. The van der Waals surface area contributed by atoms with Crippen LogP contribution in [0.25, 0.3) is 0 Å². The van der Waals surface area contributed by atoms with Crippen molar-refractivity contribution in [2.24, 2.45) is 0 Å². The first-order chi connectivity index (χ1) is 19.5. The Bertz CT molecular complexity index is 1440. The SMILES string of the molecule is Cc1ccnc(Nc2ncc(Sc3ccnc(C(=O)NCC4(c5ccccc5)CCN(CCO)CC4)c3F)s2)c1. The van der Waals surface area contributed by atoms with Crippen LogP contribution in [0.5, 0.6) is 0 Å². The Balaban J connectivity index is 1.27. The molecule has 11 heteroatoms. The quantitative estimate of drug-likeness (QED) is 0.241. The summed E-state index contributed by atoms with van der Waals surface area (Å²) in [6.07, 6.45) is 6.49. The minimum atomic E-state index is -0.653. The van der Waals surface area contributed by atoms with Crippen LogP contribution in [0.15, 0.2) is 76.2 Å². The number of carbonyl (C=O) groups excluding carboxylic acids is 1. The van der Waals surface area contributed by atoms with E-state index in [-0.39, 0.29) is 17.7 Å². The van der Waals surface area contributed by atoms with E-state index in [1.165, 1.54) is 29.3 Å². The average Bonchev–Trinajstić information content (AvgIpc) is 3.41. The molecule has 0 spiro atoms. The van der Waals surface area contributed by atoms with Crippen molar-refractivity contribution in [3.8, 4) is 0 Å². The Morgan fingerprint density at radius 2 is 1.90 bits per heavy atom. The lowest BCUT2D eigenvalue weighted by atomic mass is 9.72. The summed E-state index contributed by atoms with van der Waals surface area (Å²) in [4.78, 5) is 28.5. The third-order valence-electron chi connectivity index (χ3n) is 7.12. The van der Waals surface area contributed by atoms with E-state index >= 15 is 4.39 Å². The van der Waals surface area contributed by atoms with E-state index in [2.05, 4.69) is 42.6 Å². The molecule has 0 aliphatic carbocycles. The number of carbonyl (C=O) groups is 1. The Morgan fingerprint density at radius 3 is 2.65 bits per heavy atom. The molecule has 5 rings (SSSR count). The summed E-state index contributed by atoms with van der Waals surface area (Å²) in [7, 11) is 0. The fraction of sp³-hybridized carbons (Fsp3) is 0.310. The van der Waals surface area contributed by atoms with Crippen LogP contribution < -0.4 is 10.6 Å². The van der Waals surface area contributed by atoms with Gasteiger partial charge in [-0.3, -0.25) is 4.79 Å². The monoisotopic (exact) mass is 578 g/mol. The summed E-state index contributed by atoms with van der Waals surface area (Å²) in [6.45, 7) is 4.75. The summed E-state index contributed by atoms with van der Waals surface area (Å²) in [5.41, 5.74) is 1.73. The van der Waals surface area contributed by atoms with Crippen molar-refractivity contribution < 1.29 is 14.3 Å². The van der Waals surface area contributed by atoms with Gasteiger partial charge in [-0.1, -0.05) is 53.4 Å². The van der Waals surface area contributed by atoms with Crippen molar-refractivity contribution in [1.29, 1.82) is 0 Å². The molecule has 0 unspecified atom stereocenters. The molecule has 208 valence electrons. The van der Waals surface area contributed by atoms with Crippen molar-refractivity contribution in [3.05, 3.63) is 89.8 Å². The standard InChI is InChI=1S/C29H31FN6O2S2/c1-20-7-11-31-23(17-20)35-28-33-18-24(40-28)39-22-8-12-32-26(25(22)30)27(38)34-19-29(21-5-3-2-4-6-21)9-13-36(14-10-29)15-16-37/h2-8,11-12,17-18,37H,9-10,13-16,19H2,1H3,(H,34,38)(H,31,33,35). The summed E-state index contributed by atoms with van der Waals surface area (Å²) in [5, 5.41) is 16.1. The maximum absolute atomic E-state index is 15.5. The number of aryl methyl sites for hydroxylation is 1. The highest BCUT2D eigenvalue weighted by molar-refractivity contribution is 8.01. The van der Waals surface area contributed by atoms with Crippen LogP contribution in [0.4, 0.5) is 15.3 Å². The molecule has 1 amide bonds. The van der Waals surface area contributed by atoms with Crippen LogP contribution in [0.1, 0.15) is 34.5 Å². The molecule has 0 bridgehead atoms. The van der Waals surface area contributed by atoms with E-state index in [1.54, 1.807) is 18.5 Å². The van der Waals surface area contributed by atoms with Crippen LogP contribution in [0.3, 0.4) is 0 Å². The molecule has 4 heterocycles. The Hall–Kier alpha value is -3.38. The number of aliphatic hydroxyl groups is 1. The number of piperidine rings is 1. The van der Waals surface area contributed by atoms with Gasteiger partial charge in [0.05, 0.1) is 21.9 Å². The lowest BCUT2D eigenvalue weighted by Crippen LogP contribution is -2.49. The van der Waals surface area contributed by atoms with Gasteiger partial charge in [0.1, 0.15) is 5.82 Å². The first-order valence-corrected chi connectivity index (χ1v) is 14.7. The van der Waals surface area contributed by atoms with Crippen LogP contribution in [-0.2, 0) is 5.41 Å². The number of halogens is 1. The fourth-order valence-corrected chi connectivity index (χ4v) is 6.76. The molecule has 1 aliphatic heterocycles. The van der Waals surface area contributed by atoms with E-state index in [9.17, 15) is 9.90 Å². The molecule has 1 aliphatic rings. The van der Waals surface area contributed by atoms with E-state index in [1.807, 2.05) is 37.3 Å². The van der Waals surface area contributed by atoms with Crippen LogP contribution in [-0.4, -0.2) is 63.7 Å². The topological polar surface area (TPSA) is 103 Å². The number of hydrogen-bond acceptors (Lipinski definition) is 9. The van der Waals surface area contributed by atoms with Gasteiger partial charge in [0.15, 0.2) is 16.6 Å². The number of nitrogens with one attached hydrogen (secondary N) is 2. The third-order valence-corrected chi connectivity index (χ3v) is 9.17. The number of thiazole rings is 1. The molecule has 1 fully saturated rings. The van der Waals surface area contributed by atoms with E-state index in [0.717, 1.165) is 41.3 Å². The van der Waals surface area contributed by atoms with Gasteiger partial charge in [0.25, 0.3) is 5.91 Å². The normalized spacial score (nSPS) is 15.1. The summed E-state index contributed by atoms with van der Waals surface area (Å²) in [6, 6.07) is 15.5. The predicted octanol–water partition coefficient (Wildman–Crippen LogP) is 5.03. The molecule has 1 aromatic carbocycles. The first-order valence-electron chi connectivity index (χ1n) is 13.1. The Kier molecular flexibility index (Phi) is 9.05. The Morgan fingerprint density at radius 1 is 1.12 bits per heavy atom. The second-order valence-electron chi connectivity index (χ2n) is 9.80. The number of anilines is 2. The van der Waals surface area contributed by atoms with Gasteiger partial charge < -0.3 is 20.6 Å². The van der Waals surface area contributed by atoms with Crippen LogP contribution >= 0.6 is 23.1 Å². The van der Waals surface area contributed by atoms with Crippen molar-refractivity contribution in [1.82, 2.24) is 25.2 Å². The number of pyridine rings is 2. The van der Waals surface area contributed by atoms with Gasteiger partial charge in [-0.15, -0.1) is 0 Å². The highest BCUT2D eigenvalue weighted by atomic mass is 32.2. The molecule has 3 N–H and O–H groups in total. The number of aromatic nitrogens is 3. The van der Waals surface area contributed by atoms with Crippen LogP contribution in [0, 0.1) is 12.7 Å². The van der Waals surface area contributed by atoms with Crippen molar-refractivity contribution in [2.75, 3.05) is 38.1 Å². The number of β-amino-alcohol motifs (C(OH)–C–C–N with tert-alkyl or cyclic N) is 1. The smallest absolute Gasteiger partial charge is 0.273 e. The molecule has 0 radical (unpaired) electrons. The summed E-state index contributed by atoms with van der Waals surface area (Å²) >= 11 is 2.58. The minimum absolute atomic E-state index is 0.123. The van der Waals surface area contributed by atoms with Crippen molar-refractivity contribution in [2.45, 2.75) is 34.3 Å². The molecular formula is C29H31FN6O2S2. The van der Waals surface area contributed by atoms with Gasteiger partial charge in [0, 0.05) is 30.9 Å². The number of benzene rings is 1. The molecular weight excluding hydrogens is 547 g/mol. The highest BCUT2D eigenvalue weighted by Crippen LogP contribution is 2.37. The summed E-state index contributed by atoms with van der Waals surface area (Å²) in [5.74, 6) is -0.502. The number of nitrogens with zero attached hydrogens (tertiary/aromatic N) is 4.